The molecule has 2 aromatic rings. The zero-order chi connectivity index (χ0) is 14.0. The van der Waals surface area contributed by atoms with Gasteiger partial charge >= 0.3 is 0 Å². The number of rotatable bonds is 3. The lowest BCUT2D eigenvalue weighted by Crippen LogP contribution is -2.21. The summed E-state index contributed by atoms with van der Waals surface area (Å²) in [6, 6.07) is 7.76. The van der Waals surface area contributed by atoms with Gasteiger partial charge in [0.25, 0.3) is 5.56 Å². The fourth-order valence-corrected chi connectivity index (χ4v) is 1.97. The predicted octanol–water partition coefficient (Wildman–Crippen LogP) is 3.39. The largest absolute Gasteiger partial charge is 0.312 e. The molecule has 1 heterocycles. The Morgan fingerprint density at radius 1 is 1.21 bits per heavy atom. The molecular weight excluding hydrogens is 238 g/mol. The van der Waals surface area contributed by atoms with Gasteiger partial charge in [0.2, 0.25) is 0 Å². The normalized spacial score (nSPS) is 10.8. The molecule has 0 aliphatic carbocycles. The second kappa shape index (κ2) is 5.26. The summed E-state index contributed by atoms with van der Waals surface area (Å²) in [6.45, 7) is 7.84. The van der Waals surface area contributed by atoms with Crippen molar-refractivity contribution in [2.75, 3.05) is 5.43 Å². The second-order valence-electron chi connectivity index (χ2n) is 5.06. The summed E-state index contributed by atoms with van der Waals surface area (Å²) in [6.07, 6.45) is 1.84. The number of aromatic nitrogens is 1. The van der Waals surface area contributed by atoms with Crippen LogP contribution >= 0.6 is 0 Å². The summed E-state index contributed by atoms with van der Waals surface area (Å²) in [7, 11) is 0. The number of fused-ring (bicyclic) bond motifs is 1. The molecule has 0 amide bonds. The Morgan fingerprint density at radius 2 is 1.95 bits per heavy atom. The number of hydrogen-bond acceptors (Lipinski definition) is 3. The third-order valence-electron chi connectivity index (χ3n) is 2.93. The van der Waals surface area contributed by atoms with Gasteiger partial charge in [-0.15, -0.1) is 0 Å². The first-order valence-corrected chi connectivity index (χ1v) is 6.41. The average molecular weight is 257 g/mol. The predicted molar refractivity (Wildman–Crippen MR) is 81.0 cm³/mol. The molecular formula is C15H19N3O. The highest BCUT2D eigenvalue weighted by Crippen LogP contribution is 2.21. The number of pyridine rings is 1. The van der Waals surface area contributed by atoms with E-state index in [9.17, 15) is 4.79 Å². The van der Waals surface area contributed by atoms with Gasteiger partial charge in [0.1, 0.15) is 0 Å². The number of hydrazone groups is 1. The molecule has 0 atom stereocenters. The molecule has 0 aliphatic heterocycles. The van der Waals surface area contributed by atoms with E-state index in [1.54, 1.807) is 4.57 Å². The van der Waals surface area contributed by atoms with Crippen LogP contribution in [0.1, 0.15) is 33.7 Å². The third kappa shape index (κ3) is 2.67. The van der Waals surface area contributed by atoms with E-state index >= 15 is 0 Å². The maximum atomic E-state index is 12.4. The Balaban J connectivity index is 2.62. The van der Waals surface area contributed by atoms with Gasteiger partial charge in [0.15, 0.2) is 0 Å². The van der Waals surface area contributed by atoms with E-state index in [1.807, 2.05) is 58.2 Å². The van der Waals surface area contributed by atoms with Crippen LogP contribution < -0.4 is 11.0 Å². The molecule has 0 fully saturated rings. The van der Waals surface area contributed by atoms with Gasteiger partial charge in [-0.2, -0.15) is 5.10 Å². The summed E-state index contributed by atoms with van der Waals surface area (Å²) in [5.74, 6) is 0. The summed E-state index contributed by atoms with van der Waals surface area (Å²) in [4.78, 5) is 12.4. The van der Waals surface area contributed by atoms with E-state index < -0.39 is 0 Å². The van der Waals surface area contributed by atoms with Crippen LogP contribution in [0.2, 0.25) is 0 Å². The monoisotopic (exact) mass is 257 g/mol. The highest BCUT2D eigenvalue weighted by atomic mass is 16.1. The van der Waals surface area contributed by atoms with Gasteiger partial charge in [-0.05, 0) is 45.9 Å². The van der Waals surface area contributed by atoms with Crippen LogP contribution in [-0.2, 0) is 0 Å². The number of hydrogen-bond donors (Lipinski definition) is 1. The van der Waals surface area contributed by atoms with Crippen LogP contribution in [0.5, 0.6) is 0 Å². The summed E-state index contributed by atoms with van der Waals surface area (Å²) < 4.78 is 1.74. The average Bonchev–Trinajstić information content (AvgIpc) is 2.36. The van der Waals surface area contributed by atoms with Crippen LogP contribution in [-0.4, -0.2) is 10.3 Å². The van der Waals surface area contributed by atoms with Crippen molar-refractivity contribution in [3.8, 4) is 0 Å². The maximum Gasteiger partial charge on any atom is 0.258 e. The van der Waals surface area contributed by atoms with Crippen molar-refractivity contribution in [1.82, 2.24) is 4.57 Å². The van der Waals surface area contributed by atoms with Crippen molar-refractivity contribution in [1.29, 1.82) is 0 Å². The van der Waals surface area contributed by atoms with E-state index in [0.717, 1.165) is 16.8 Å². The fraction of sp³-hybridized carbons (Fsp3) is 0.333. The first kappa shape index (κ1) is 13.3. The second-order valence-corrected chi connectivity index (χ2v) is 5.06. The van der Waals surface area contributed by atoms with E-state index in [4.69, 9.17) is 0 Å². The minimum Gasteiger partial charge on any atom is -0.312 e. The lowest BCUT2D eigenvalue weighted by Gasteiger charge is -2.12. The maximum absolute atomic E-state index is 12.4. The van der Waals surface area contributed by atoms with Crippen molar-refractivity contribution in [2.24, 2.45) is 5.10 Å². The molecule has 1 aromatic heterocycles. The number of benzene rings is 1. The van der Waals surface area contributed by atoms with Crippen molar-refractivity contribution in [3.05, 3.63) is 40.8 Å². The Bertz CT molecular complexity index is 679. The Hall–Kier alpha value is -2.10. The van der Waals surface area contributed by atoms with Gasteiger partial charge in [-0.1, -0.05) is 6.07 Å². The number of nitrogens with zero attached hydrogens (tertiary/aromatic N) is 2. The molecule has 4 heteroatoms. The molecule has 0 aliphatic rings. The number of anilines is 1. The molecule has 0 saturated heterocycles. The minimum atomic E-state index is 0.0355. The molecule has 0 spiro atoms. The van der Waals surface area contributed by atoms with Crippen molar-refractivity contribution in [3.63, 3.8) is 0 Å². The first-order chi connectivity index (χ1) is 9.00. The topological polar surface area (TPSA) is 46.4 Å². The number of nitrogens with one attached hydrogen (secondary N) is 1. The Kier molecular flexibility index (Phi) is 3.69. The standard InChI is InChI=1S/C15H19N3O/c1-10(2)16-17-14-7-5-6-13-12(14)8-9-18(11(3)4)15(13)19/h5-9,11,17H,1-4H3. The van der Waals surface area contributed by atoms with Crippen molar-refractivity contribution >= 4 is 22.2 Å². The molecule has 1 aromatic carbocycles. The van der Waals surface area contributed by atoms with E-state index in [-0.39, 0.29) is 11.6 Å². The zero-order valence-corrected chi connectivity index (χ0v) is 11.8. The third-order valence-corrected chi connectivity index (χ3v) is 2.93. The van der Waals surface area contributed by atoms with Gasteiger partial charge < -0.3 is 4.57 Å². The summed E-state index contributed by atoms with van der Waals surface area (Å²) in [5.41, 5.74) is 4.83. The zero-order valence-electron chi connectivity index (χ0n) is 11.8. The molecule has 0 bridgehead atoms. The Morgan fingerprint density at radius 3 is 2.58 bits per heavy atom. The van der Waals surface area contributed by atoms with Crippen LogP contribution in [0.3, 0.4) is 0 Å². The molecule has 100 valence electrons. The minimum absolute atomic E-state index is 0.0355. The van der Waals surface area contributed by atoms with Gasteiger partial charge in [0, 0.05) is 28.7 Å². The molecule has 0 saturated carbocycles. The highest BCUT2D eigenvalue weighted by molar-refractivity contribution is 5.93. The molecule has 0 radical (unpaired) electrons. The first-order valence-electron chi connectivity index (χ1n) is 6.41. The Labute approximate surface area is 112 Å². The highest BCUT2D eigenvalue weighted by Gasteiger charge is 2.07. The lowest BCUT2D eigenvalue weighted by atomic mass is 10.1. The molecule has 19 heavy (non-hydrogen) atoms. The lowest BCUT2D eigenvalue weighted by molar-refractivity contribution is 0.583. The molecule has 0 unspecified atom stereocenters. The molecule has 2 rings (SSSR count). The molecule has 4 nitrogen and oxygen atoms in total. The van der Waals surface area contributed by atoms with Crippen molar-refractivity contribution in [2.45, 2.75) is 33.7 Å². The van der Waals surface area contributed by atoms with E-state index in [1.165, 1.54) is 0 Å². The van der Waals surface area contributed by atoms with Crippen molar-refractivity contribution < 1.29 is 0 Å². The van der Waals surface area contributed by atoms with Crippen LogP contribution in [0.25, 0.3) is 10.8 Å². The smallest absolute Gasteiger partial charge is 0.258 e. The summed E-state index contributed by atoms with van der Waals surface area (Å²) >= 11 is 0. The molecule has 1 N–H and O–H groups in total. The fourth-order valence-electron chi connectivity index (χ4n) is 1.97. The van der Waals surface area contributed by atoms with Crippen LogP contribution in [0.15, 0.2) is 40.4 Å². The quantitative estimate of drug-likeness (QED) is 0.676. The van der Waals surface area contributed by atoms with E-state index in [0.29, 0.717) is 5.39 Å². The summed E-state index contributed by atoms with van der Waals surface area (Å²) in [5, 5.41) is 5.80. The van der Waals surface area contributed by atoms with Gasteiger partial charge in [-0.25, -0.2) is 0 Å². The SMILES string of the molecule is CC(C)=NNc1cccc2c(=O)n(C(C)C)ccc12. The van der Waals surface area contributed by atoms with Crippen LogP contribution in [0, 0.1) is 0 Å². The van der Waals surface area contributed by atoms with Gasteiger partial charge in [0.05, 0.1) is 5.69 Å². The van der Waals surface area contributed by atoms with Gasteiger partial charge in [-0.3, -0.25) is 10.2 Å². The van der Waals surface area contributed by atoms with Crippen LogP contribution in [0.4, 0.5) is 5.69 Å². The van der Waals surface area contributed by atoms with E-state index in [2.05, 4.69) is 10.5 Å².